The molecule has 2 fully saturated rings. The van der Waals surface area contributed by atoms with Crippen LogP contribution in [-0.2, 0) is 0 Å². The Kier molecular flexibility index (Phi) is 3.87. The second-order valence-corrected chi connectivity index (χ2v) is 5.50. The summed E-state index contributed by atoms with van der Waals surface area (Å²) in [5.41, 5.74) is 2.01. The highest BCUT2D eigenvalue weighted by molar-refractivity contribution is 5.90. The van der Waals surface area contributed by atoms with E-state index in [0.29, 0.717) is 6.04 Å². The molecule has 1 N–H and O–H groups in total. The molecule has 0 radical (unpaired) electrons. The molecule has 4 nitrogen and oxygen atoms in total. The van der Waals surface area contributed by atoms with Crippen LogP contribution in [0.15, 0.2) is 29.4 Å². The molecule has 1 aromatic rings. The van der Waals surface area contributed by atoms with Crippen molar-refractivity contribution in [1.29, 1.82) is 0 Å². The van der Waals surface area contributed by atoms with Crippen molar-refractivity contribution in [2.75, 3.05) is 31.1 Å². The molecule has 0 bridgehead atoms. The Bertz CT molecular complexity index is 480. The first kappa shape index (κ1) is 13.4. The molecule has 1 atom stereocenters. The largest absolute Gasteiger partial charge is 0.411 e. The minimum absolute atomic E-state index is 0.192. The first-order chi connectivity index (χ1) is 9.78. The number of hydrogen-bond acceptors (Lipinski definition) is 4. The van der Waals surface area contributed by atoms with E-state index in [-0.39, 0.29) is 5.82 Å². The molecule has 0 spiro atoms. The summed E-state index contributed by atoms with van der Waals surface area (Å²) in [5, 5.41) is 12.5. The summed E-state index contributed by atoms with van der Waals surface area (Å²) in [6.07, 6.45) is 3.12. The normalized spacial score (nSPS) is 26.4. The zero-order chi connectivity index (χ0) is 13.9. The third-order valence-electron chi connectivity index (χ3n) is 4.37. The van der Waals surface area contributed by atoms with E-state index in [9.17, 15) is 4.39 Å². The SMILES string of the molecule is O/N=C1\CCC[C@@H]1N1CCN(c2ccc(F)cc2)CC1. The lowest BCUT2D eigenvalue weighted by atomic mass is 10.1. The maximum atomic E-state index is 12.9. The number of hydrogen-bond donors (Lipinski definition) is 1. The van der Waals surface area contributed by atoms with Crippen molar-refractivity contribution < 1.29 is 9.60 Å². The number of halogens is 1. The first-order valence-electron chi connectivity index (χ1n) is 7.23. The van der Waals surface area contributed by atoms with Crippen LogP contribution in [0.25, 0.3) is 0 Å². The van der Waals surface area contributed by atoms with Crippen LogP contribution in [-0.4, -0.2) is 48.0 Å². The summed E-state index contributed by atoms with van der Waals surface area (Å²) in [6, 6.07) is 7.00. The monoisotopic (exact) mass is 277 g/mol. The molecule has 20 heavy (non-hydrogen) atoms. The number of anilines is 1. The van der Waals surface area contributed by atoms with Gasteiger partial charge in [-0.25, -0.2) is 4.39 Å². The zero-order valence-electron chi connectivity index (χ0n) is 11.5. The van der Waals surface area contributed by atoms with Crippen molar-refractivity contribution in [3.63, 3.8) is 0 Å². The average Bonchev–Trinajstić information content (AvgIpc) is 2.97. The highest BCUT2D eigenvalue weighted by atomic mass is 19.1. The molecule has 1 aromatic carbocycles. The van der Waals surface area contributed by atoms with Crippen molar-refractivity contribution in [3.05, 3.63) is 30.1 Å². The topological polar surface area (TPSA) is 39.1 Å². The summed E-state index contributed by atoms with van der Waals surface area (Å²) in [6.45, 7) is 3.78. The molecule has 1 saturated heterocycles. The van der Waals surface area contributed by atoms with E-state index in [4.69, 9.17) is 5.21 Å². The molecule has 1 saturated carbocycles. The van der Waals surface area contributed by atoms with Crippen LogP contribution in [0.3, 0.4) is 0 Å². The molecule has 0 aromatic heterocycles. The molecule has 1 aliphatic carbocycles. The van der Waals surface area contributed by atoms with Gasteiger partial charge in [-0.1, -0.05) is 5.16 Å². The molecule has 5 heteroatoms. The molecule has 1 heterocycles. The molecular weight excluding hydrogens is 257 g/mol. The maximum absolute atomic E-state index is 12.9. The molecular formula is C15H20FN3O. The van der Waals surface area contributed by atoms with E-state index in [1.807, 2.05) is 12.1 Å². The van der Waals surface area contributed by atoms with E-state index in [1.165, 1.54) is 12.1 Å². The van der Waals surface area contributed by atoms with Crippen LogP contribution >= 0.6 is 0 Å². The fourth-order valence-electron chi connectivity index (χ4n) is 3.26. The Morgan fingerprint density at radius 2 is 1.80 bits per heavy atom. The van der Waals surface area contributed by atoms with Crippen molar-refractivity contribution in [3.8, 4) is 0 Å². The van der Waals surface area contributed by atoms with E-state index in [2.05, 4.69) is 15.0 Å². The van der Waals surface area contributed by atoms with E-state index < -0.39 is 0 Å². The van der Waals surface area contributed by atoms with Gasteiger partial charge in [0.15, 0.2) is 0 Å². The van der Waals surface area contributed by atoms with E-state index in [0.717, 1.165) is 56.8 Å². The van der Waals surface area contributed by atoms with Gasteiger partial charge in [-0.15, -0.1) is 0 Å². The predicted molar refractivity (Wildman–Crippen MR) is 77.0 cm³/mol. The highest BCUT2D eigenvalue weighted by Gasteiger charge is 2.31. The van der Waals surface area contributed by atoms with Gasteiger partial charge in [0.05, 0.1) is 11.8 Å². The zero-order valence-corrected chi connectivity index (χ0v) is 11.5. The van der Waals surface area contributed by atoms with Gasteiger partial charge in [-0.3, -0.25) is 4.90 Å². The number of rotatable bonds is 2. The van der Waals surface area contributed by atoms with Crippen molar-refractivity contribution in [1.82, 2.24) is 4.90 Å². The Hall–Kier alpha value is -1.62. The van der Waals surface area contributed by atoms with Crippen molar-refractivity contribution >= 4 is 11.4 Å². The number of nitrogens with zero attached hydrogens (tertiary/aromatic N) is 3. The van der Waals surface area contributed by atoms with Crippen molar-refractivity contribution in [2.24, 2.45) is 5.16 Å². The Labute approximate surface area is 118 Å². The lowest BCUT2D eigenvalue weighted by molar-refractivity contribution is 0.221. The van der Waals surface area contributed by atoms with Crippen LogP contribution in [0.5, 0.6) is 0 Å². The van der Waals surface area contributed by atoms with Crippen LogP contribution in [0, 0.1) is 5.82 Å². The van der Waals surface area contributed by atoms with Crippen LogP contribution < -0.4 is 4.90 Å². The summed E-state index contributed by atoms with van der Waals surface area (Å²) in [4.78, 5) is 4.68. The summed E-state index contributed by atoms with van der Waals surface area (Å²) >= 11 is 0. The quantitative estimate of drug-likeness (QED) is 0.666. The van der Waals surface area contributed by atoms with Crippen LogP contribution in [0.1, 0.15) is 19.3 Å². The van der Waals surface area contributed by atoms with Crippen LogP contribution in [0.4, 0.5) is 10.1 Å². The average molecular weight is 277 g/mol. The molecule has 3 rings (SSSR count). The third-order valence-corrected chi connectivity index (χ3v) is 4.37. The molecule has 0 unspecified atom stereocenters. The second-order valence-electron chi connectivity index (χ2n) is 5.50. The predicted octanol–water partition coefficient (Wildman–Crippen LogP) is 2.33. The van der Waals surface area contributed by atoms with Crippen molar-refractivity contribution in [2.45, 2.75) is 25.3 Å². The number of benzene rings is 1. The lowest BCUT2D eigenvalue weighted by Gasteiger charge is -2.39. The second kappa shape index (κ2) is 5.79. The van der Waals surface area contributed by atoms with Gasteiger partial charge < -0.3 is 10.1 Å². The van der Waals surface area contributed by atoms with E-state index >= 15 is 0 Å². The molecule has 0 amide bonds. The van der Waals surface area contributed by atoms with Gasteiger partial charge in [0.25, 0.3) is 0 Å². The standard InChI is InChI=1S/C15H20FN3O/c16-12-4-6-13(7-5-12)18-8-10-19(11-9-18)15-3-1-2-14(15)17-20/h4-7,15,20H,1-3,8-11H2/b17-14+/t15-/m0/s1. The summed E-state index contributed by atoms with van der Waals surface area (Å²) in [5.74, 6) is -0.192. The minimum atomic E-state index is -0.192. The van der Waals surface area contributed by atoms with Gasteiger partial charge in [0, 0.05) is 31.9 Å². The summed E-state index contributed by atoms with van der Waals surface area (Å²) < 4.78 is 12.9. The van der Waals surface area contributed by atoms with Gasteiger partial charge in [-0.2, -0.15) is 0 Å². The third kappa shape index (κ3) is 2.63. The smallest absolute Gasteiger partial charge is 0.123 e. The number of piperazine rings is 1. The van der Waals surface area contributed by atoms with Gasteiger partial charge in [0.2, 0.25) is 0 Å². The van der Waals surface area contributed by atoms with Gasteiger partial charge >= 0.3 is 0 Å². The van der Waals surface area contributed by atoms with Gasteiger partial charge in [0.1, 0.15) is 5.82 Å². The summed E-state index contributed by atoms with van der Waals surface area (Å²) in [7, 11) is 0. The molecule has 2 aliphatic rings. The Balaban J connectivity index is 1.61. The first-order valence-corrected chi connectivity index (χ1v) is 7.23. The molecule has 108 valence electrons. The minimum Gasteiger partial charge on any atom is -0.411 e. The fraction of sp³-hybridized carbons (Fsp3) is 0.533. The Morgan fingerprint density at radius 3 is 2.45 bits per heavy atom. The van der Waals surface area contributed by atoms with Crippen LogP contribution in [0.2, 0.25) is 0 Å². The van der Waals surface area contributed by atoms with Gasteiger partial charge in [-0.05, 0) is 43.5 Å². The van der Waals surface area contributed by atoms with E-state index in [1.54, 1.807) is 0 Å². The number of oxime groups is 1. The fourth-order valence-corrected chi connectivity index (χ4v) is 3.26. The maximum Gasteiger partial charge on any atom is 0.123 e. The highest BCUT2D eigenvalue weighted by Crippen LogP contribution is 2.24. The Morgan fingerprint density at radius 1 is 1.10 bits per heavy atom. The lowest BCUT2D eigenvalue weighted by Crippen LogP contribution is -2.51. The molecule has 1 aliphatic heterocycles.